The van der Waals surface area contributed by atoms with Gasteiger partial charge in [0.1, 0.15) is 5.60 Å². The number of ether oxygens (including phenoxy) is 1. The molecule has 3 heterocycles. The molecule has 1 fully saturated rings. The number of anilines is 1. The molecule has 0 aliphatic carbocycles. The number of piperazine rings is 1. The summed E-state index contributed by atoms with van der Waals surface area (Å²) in [6, 6.07) is 16.3. The van der Waals surface area contributed by atoms with Gasteiger partial charge in [0.15, 0.2) is 0 Å². The number of aromatic nitrogens is 1. The number of rotatable bonds is 10. The summed E-state index contributed by atoms with van der Waals surface area (Å²) in [4.78, 5) is 24.4. The summed E-state index contributed by atoms with van der Waals surface area (Å²) < 4.78 is 5.74. The van der Waals surface area contributed by atoms with Crippen molar-refractivity contribution in [2.24, 2.45) is 0 Å². The molecule has 8 nitrogen and oxygen atoms in total. The molecule has 1 amide bonds. The maximum absolute atomic E-state index is 13.0. The summed E-state index contributed by atoms with van der Waals surface area (Å²) in [6.45, 7) is 14.7. The quantitative estimate of drug-likeness (QED) is 0.297. The van der Waals surface area contributed by atoms with Crippen molar-refractivity contribution in [1.82, 2.24) is 25.0 Å². The number of benzene rings is 2. The Labute approximate surface area is 255 Å². The van der Waals surface area contributed by atoms with Crippen LogP contribution in [0, 0.1) is 0 Å². The van der Waals surface area contributed by atoms with Gasteiger partial charge in [-0.1, -0.05) is 35.9 Å². The van der Waals surface area contributed by atoms with E-state index in [4.69, 9.17) is 16.3 Å². The number of carbonyl (C=O) groups excluding carboxylic acids is 1. The number of hydrogen-bond acceptors (Lipinski definition) is 7. The first kappa shape index (κ1) is 30.5. The Bertz CT molecular complexity index is 1340. The van der Waals surface area contributed by atoms with Gasteiger partial charge in [0.2, 0.25) is 0 Å². The highest BCUT2D eigenvalue weighted by atomic mass is 35.5. The summed E-state index contributed by atoms with van der Waals surface area (Å²) in [5.74, 6) is 0. The lowest BCUT2D eigenvalue weighted by molar-refractivity contribution is 0.00778. The summed E-state index contributed by atoms with van der Waals surface area (Å²) in [5.41, 5.74) is 4.03. The molecule has 2 aliphatic rings. The van der Waals surface area contributed by atoms with Crippen LogP contribution in [0.15, 0.2) is 54.7 Å². The lowest BCUT2D eigenvalue weighted by Crippen LogP contribution is -2.53. The minimum absolute atomic E-state index is 0.0526. The van der Waals surface area contributed by atoms with Gasteiger partial charge >= 0.3 is 6.09 Å². The second-order valence-corrected chi connectivity index (χ2v) is 12.8. The molecule has 0 spiro atoms. The molecule has 1 aromatic heterocycles. The second-order valence-electron chi connectivity index (χ2n) is 12.4. The first-order valence-electron chi connectivity index (χ1n) is 15.3. The van der Waals surface area contributed by atoms with Gasteiger partial charge in [-0.05, 0) is 88.6 Å². The van der Waals surface area contributed by atoms with Gasteiger partial charge in [0.05, 0.1) is 18.2 Å². The predicted octanol–water partition coefficient (Wildman–Crippen LogP) is 5.61. The second kappa shape index (κ2) is 14.0. The zero-order valence-electron chi connectivity index (χ0n) is 25.2. The van der Waals surface area contributed by atoms with Crippen molar-refractivity contribution in [3.63, 3.8) is 0 Å². The molecule has 1 atom stereocenters. The van der Waals surface area contributed by atoms with Gasteiger partial charge < -0.3 is 19.9 Å². The zero-order valence-corrected chi connectivity index (χ0v) is 26.0. The third-order valence-electron chi connectivity index (χ3n) is 8.04. The van der Waals surface area contributed by atoms with Crippen LogP contribution in [0.5, 0.6) is 0 Å². The molecule has 0 unspecified atom stereocenters. The van der Waals surface area contributed by atoms with Crippen molar-refractivity contribution in [2.75, 3.05) is 57.7 Å². The molecule has 3 aromatic rings. The summed E-state index contributed by atoms with van der Waals surface area (Å²) in [5, 5.41) is 9.06. The van der Waals surface area contributed by atoms with E-state index in [1.54, 1.807) is 0 Å². The Morgan fingerprint density at radius 2 is 1.67 bits per heavy atom. The molecule has 0 radical (unpaired) electrons. The van der Waals surface area contributed by atoms with Crippen molar-refractivity contribution >= 4 is 34.3 Å². The molecule has 9 heteroatoms. The standard InChI is InChI=1S/C33H45ClN6O2/c1-33(2,3)42-32(41)40-24-26-9-5-4-8-25(26)22-31(40)37-14-7-17-39-20-18-38(19-21-39)16-6-13-35-29-12-15-36-30-23-27(34)10-11-28(29)30/h4-5,8-12,15,23,31,37H,6-7,13-14,16-22,24H2,1-3H3,(H,35,36)/t31-/m0/s1. The van der Waals surface area contributed by atoms with Gasteiger partial charge in [0.25, 0.3) is 0 Å². The highest BCUT2D eigenvalue weighted by molar-refractivity contribution is 6.31. The van der Waals surface area contributed by atoms with E-state index in [0.29, 0.717) is 11.6 Å². The average molecular weight is 593 g/mol. The van der Waals surface area contributed by atoms with E-state index in [2.05, 4.69) is 43.6 Å². The lowest BCUT2D eigenvalue weighted by Gasteiger charge is -2.38. The van der Waals surface area contributed by atoms with Crippen molar-refractivity contribution in [1.29, 1.82) is 0 Å². The third-order valence-corrected chi connectivity index (χ3v) is 8.28. The molecular formula is C33H45ClN6O2. The van der Waals surface area contributed by atoms with Crippen molar-refractivity contribution in [2.45, 2.75) is 58.3 Å². The Balaban J connectivity index is 1.00. The van der Waals surface area contributed by atoms with Crippen molar-refractivity contribution in [3.8, 4) is 0 Å². The van der Waals surface area contributed by atoms with E-state index < -0.39 is 5.60 Å². The van der Waals surface area contributed by atoms with Crippen LogP contribution in [0.25, 0.3) is 10.9 Å². The van der Waals surface area contributed by atoms with Gasteiger partial charge in [-0.3, -0.25) is 15.2 Å². The smallest absolute Gasteiger partial charge is 0.411 e. The summed E-state index contributed by atoms with van der Waals surface area (Å²) >= 11 is 6.12. The first-order chi connectivity index (χ1) is 20.2. The van der Waals surface area contributed by atoms with Gasteiger partial charge in [-0.15, -0.1) is 0 Å². The molecule has 0 saturated carbocycles. The van der Waals surface area contributed by atoms with Crippen LogP contribution in [0.3, 0.4) is 0 Å². The van der Waals surface area contributed by atoms with Crippen LogP contribution in [0.1, 0.15) is 44.7 Å². The molecule has 42 heavy (non-hydrogen) atoms. The fraction of sp³-hybridized carbons (Fsp3) is 0.515. The number of halogens is 1. The highest BCUT2D eigenvalue weighted by Crippen LogP contribution is 2.25. The van der Waals surface area contributed by atoms with E-state index in [1.165, 1.54) is 11.1 Å². The van der Waals surface area contributed by atoms with Crippen LogP contribution in [0.4, 0.5) is 10.5 Å². The predicted molar refractivity (Wildman–Crippen MR) is 171 cm³/mol. The fourth-order valence-electron chi connectivity index (χ4n) is 5.83. The zero-order chi connectivity index (χ0) is 29.5. The maximum atomic E-state index is 13.0. The van der Waals surface area contributed by atoms with Crippen LogP contribution < -0.4 is 10.6 Å². The fourth-order valence-corrected chi connectivity index (χ4v) is 5.99. The molecule has 2 N–H and O–H groups in total. The maximum Gasteiger partial charge on any atom is 0.411 e. The van der Waals surface area contributed by atoms with E-state index in [-0.39, 0.29) is 12.3 Å². The number of nitrogens with zero attached hydrogens (tertiary/aromatic N) is 4. The van der Waals surface area contributed by atoms with E-state index in [9.17, 15) is 4.79 Å². The Hall–Kier alpha value is -2.91. The number of amides is 1. The van der Waals surface area contributed by atoms with E-state index in [0.717, 1.165) is 88.2 Å². The molecule has 226 valence electrons. The van der Waals surface area contributed by atoms with E-state index in [1.807, 2.05) is 62.2 Å². The summed E-state index contributed by atoms with van der Waals surface area (Å²) in [7, 11) is 0. The van der Waals surface area contributed by atoms with E-state index >= 15 is 0 Å². The van der Waals surface area contributed by atoms with Crippen LogP contribution in [-0.2, 0) is 17.7 Å². The Kier molecular flexibility index (Phi) is 10.2. The molecule has 0 bridgehead atoms. The number of fused-ring (bicyclic) bond motifs is 2. The lowest BCUT2D eigenvalue weighted by atomic mass is 9.98. The third kappa shape index (κ3) is 8.34. The van der Waals surface area contributed by atoms with Crippen LogP contribution in [0.2, 0.25) is 5.02 Å². The Morgan fingerprint density at radius 3 is 2.38 bits per heavy atom. The number of hydrogen-bond donors (Lipinski definition) is 2. The molecular weight excluding hydrogens is 548 g/mol. The molecule has 1 saturated heterocycles. The number of carbonyl (C=O) groups is 1. The summed E-state index contributed by atoms with van der Waals surface area (Å²) in [6.07, 6.45) is 4.48. The van der Waals surface area contributed by atoms with Crippen molar-refractivity contribution in [3.05, 3.63) is 70.9 Å². The molecule has 5 rings (SSSR count). The van der Waals surface area contributed by atoms with Crippen molar-refractivity contribution < 1.29 is 9.53 Å². The first-order valence-corrected chi connectivity index (χ1v) is 15.7. The van der Waals surface area contributed by atoms with Crippen LogP contribution in [-0.4, -0.2) is 89.9 Å². The van der Waals surface area contributed by atoms with Gasteiger partial charge in [0, 0.05) is 61.4 Å². The van der Waals surface area contributed by atoms with Gasteiger partial charge in [-0.2, -0.15) is 0 Å². The Morgan fingerprint density at radius 1 is 0.976 bits per heavy atom. The normalized spacial score (nSPS) is 18.2. The SMILES string of the molecule is CC(C)(C)OC(=O)N1Cc2ccccc2C[C@H]1NCCCN1CCN(CCCNc2ccnc3cc(Cl)ccc23)CC1. The minimum atomic E-state index is -0.513. The molecule has 2 aliphatic heterocycles. The van der Waals surface area contributed by atoms with Crippen LogP contribution >= 0.6 is 11.6 Å². The topological polar surface area (TPSA) is 73.0 Å². The monoisotopic (exact) mass is 592 g/mol. The van der Waals surface area contributed by atoms with Gasteiger partial charge in [-0.25, -0.2) is 4.79 Å². The largest absolute Gasteiger partial charge is 0.444 e. The minimum Gasteiger partial charge on any atom is -0.444 e. The number of pyridine rings is 1. The number of nitrogens with one attached hydrogen (secondary N) is 2. The average Bonchev–Trinajstić information content (AvgIpc) is 2.96. The molecule has 2 aromatic carbocycles. The highest BCUT2D eigenvalue weighted by Gasteiger charge is 2.32.